The molecule has 8 heteroatoms. The molecule has 0 saturated heterocycles. The predicted molar refractivity (Wildman–Crippen MR) is 89.0 cm³/mol. The van der Waals surface area contributed by atoms with Crippen LogP contribution >= 0.6 is 11.6 Å². The van der Waals surface area contributed by atoms with E-state index in [1.54, 1.807) is 30.7 Å². The first-order valence-electron chi connectivity index (χ1n) is 7.53. The van der Waals surface area contributed by atoms with E-state index in [1.807, 2.05) is 10.8 Å². The van der Waals surface area contributed by atoms with Crippen molar-refractivity contribution >= 4 is 29.1 Å². The number of imidazole rings is 1. The molecule has 0 fully saturated rings. The van der Waals surface area contributed by atoms with Gasteiger partial charge in [-0.2, -0.15) is 0 Å². The van der Waals surface area contributed by atoms with Gasteiger partial charge in [0.2, 0.25) is 0 Å². The number of hydrogen-bond donors (Lipinski definition) is 2. The summed E-state index contributed by atoms with van der Waals surface area (Å²) in [6.45, 7) is 2.60. The summed E-state index contributed by atoms with van der Waals surface area (Å²) in [5.74, 6) is -0.592. The van der Waals surface area contributed by atoms with Gasteiger partial charge in [0.25, 0.3) is 17.4 Å². The lowest BCUT2D eigenvalue weighted by Crippen LogP contribution is -2.58. The molecule has 2 N–H and O–H groups in total. The van der Waals surface area contributed by atoms with Crippen LogP contribution in [-0.2, 0) is 16.1 Å². The smallest absolute Gasteiger partial charge is 0.278 e. The number of carbonyl (C=O) groups is 2. The minimum Gasteiger partial charge on any atom is -0.466 e. The Bertz CT molecular complexity index is 763. The zero-order chi connectivity index (χ0) is 17.2. The summed E-state index contributed by atoms with van der Waals surface area (Å²) < 4.78 is 7.57. The van der Waals surface area contributed by atoms with E-state index >= 15 is 0 Å². The first-order valence-corrected chi connectivity index (χ1v) is 7.91. The molecule has 2 heterocycles. The average Bonchev–Trinajstić information content (AvgIpc) is 3.06. The molecular formula is C16H17ClN4O3. The van der Waals surface area contributed by atoms with E-state index in [2.05, 4.69) is 15.6 Å². The molecule has 7 nitrogen and oxygen atoms in total. The molecular weight excluding hydrogens is 332 g/mol. The van der Waals surface area contributed by atoms with E-state index < -0.39 is 17.4 Å². The molecule has 0 radical (unpaired) electrons. The molecule has 0 bridgehead atoms. The number of amides is 2. The van der Waals surface area contributed by atoms with Gasteiger partial charge in [-0.25, -0.2) is 4.98 Å². The van der Waals surface area contributed by atoms with Crippen LogP contribution < -0.4 is 15.4 Å². The van der Waals surface area contributed by atoms with Crippen molar-refractivity contribution in [2.75, 3.05) is 11.9 Å². The normalized spacial score (nSPS) is 19.2. The number of halogens is 1. The molecule has 1 aliphatic rings. The summed E-state index contributed by atoms with van der Waals surface area (Å²) in [6, 6.07) is 4.85. The molecule has 1 aromatic carbocycles. The molecule has 0 aliphatic carbocycles. The van der Waals surface area contributed by atoms with Crippen LogP contribution in [0.25, 0.3) is 0 Å². The van der Waals surface area contributed by atoms with Gasteiger partial charge in [0.05, 0.1) is 12.0 Å². The van der Waals surface area contributed by atoms with Gasteiger partial charge in [0, 0.05) is 30.5 Å². The number of carbonyl (C=O) groups excluding carboxylic acids is 2. The topological polar surface area (TPSA) is 85.2 Å². The Kier molecular flexibility index (Phi) is 4.44. The van der Waals surface area contributed by atoms with Crippen molar-refractivity contribution in [3.05, 3.63) is 41.9 Å². The minimum absolute atomic E-state index is 0.412. The Morgan fingerprint density at radius 2 is 2.33 bits per heavy atom. The van der Waals surface area contributed by atoms with Gasteiger partial charge in [-0.3, -0.25) is 9.59 Å². The van der Waals surface area contributed by atoms with Crippen molar-refractivity contribution in [1.82, 2.24) is 14.9 Å². The molecule has 2 aromatic rings. The van der Waals surface area contributed by atoms with Crippen LogP contribution in [-0.4, -0.2) is 33.5 Å². The van der Waals surface area contributed by atoms with Crippen molar-refractivity contribution in [1.29, 1.82) is 0 Å². The van der Waals surface area contributed by atoms with Crippen molar-refractivity contribution in [2.45, 2.75) is 25.5 Å². The number of rotatable bonds is 5. The molecule has 0 saturated carbocycles. The number of aryl methyl sites for hydroxylation is 1. The fourth-order valence-corrected chi connectivity index (χ4v) is 2.57. The summed E-state index contributed by atoms with van der Waals surface area (Å²) in [7, 11) is 0. The Balaban J connectivity index is 1.61. The highest BCUT2D eigenvalue weighted by Gasteiger charge is 2.47. The lowest BCUT2D eigenvalue weighted by atomic mass is 10.0. The summed E-state index contributed by atoms with van der Waals surface area (Å²) in [6.07, 6.45) is 5.97. The van der Waals surface area contributed by atoms with Crippen LogP contribution in [0.4, 0.5) is 5.69 Å². The van der Waals surface area contributed by atoms with Crippen LogP contribution in [0.3, 0.4) is 0 Å². The molecule has 3 rings (SSSR count). The van der Waals surface area contributed by atoms with Crippen LogP contribution in [0.15, 0.2) is 36.9 Å². The molecule has 1 aliphatic heterocycles. The van der Waals surface area contributed by atoms with Gasteiger partial charge >= 0.3 is 0 Å². The van der Waals surface area contributed by atoms with E-state index in [4.69, 9.17) is 16.3 Å². The molecule has 24 heavy (non-hydrogen) atoms. The van der Waals surface area contributed by atoms with Crippen LogP contribution in [0, 0.1) is 0 Å². The number of aromatic nitrogens is 2. The average molecular weight is 349 g/mol. The van der Waals surface area contributed by atoms with Gasteiger partial charge in [-0.05, 0) is 31.5 Å². The van der Waals surface area contributed by atoms with Crippen LogP contribution in [0.2, 0.25) is 5.02 Å². The van der Waals surface area contributed by atoms with E-state index in [9.17, 15) is 9.59 Å². The fraction of sp³-hybridized carbons (Fsp3) is 0.312. The SMILES string of the molecule is CC1(C(=O)NCCCn2ccnc2)Oc2ccc(Cl)cc2NC1=O. The number of nitrogens with one attached hydrogen (secondary N) is 2. The minimum atomic E-state index is -1.62. The third-order valence-electron chi connectivity index (χ3n) is 3.81. The van der Waals surface area contributed by atoms with Gasteiger partial charge in [0.1, 0.15) is 5.75 Å². The second-order valence-corrected chi connectivity index (χ2v) is 6.08. The lowest BCUT2D eigenvalue weighted by Gasteiger charge is -2.33. The van der Waals surface area contributed by atoms with E-state index in [1.165, 1.54) is 6.92 Å². The zero-order valence-electron chi connectivity index (χ0n) is 13.1. The zero-order valence-corrected chi connectivity index (χ0v) is 13.8. The maximum Gasteiger partial charge on any atom is 0.278 e. The summed E-state index contributed by atoms with van der Waals surface area (Å²) in [5.41, 5.74) is -1.16. The maximum absolute atomic E-state index is 12.4. The molecule has 1 atom stereocenters. The predicted octanol–water partition coefficient (Wildman–Crippen LogP) is 1.83. The van der Waals surface area contributed by atoms with Gasteiger partial charge in [0.15, 0.2) is 0 Å². The fourth-order valence-electron chi connectivity index (χ4n) is 2.40. The second kappa shape index (κ2) is 6.52. The monoisotopic (exact) mass is 348 g/mol. The second-order valence-electron chi connectivity index (χ2n) is 5.64. The van der Waals surface area contributed by atoms with E-state index in [-0.39, 0.29) is 0 Å². The highest BCUT2D eigenvalue weighted by Crippen LogP contribution is 2.35. The number of nitrogens with zero attached hydrogens (tertiary/aromatic N) is 2. The number of hydrogen-bond acceptors (Lipinski definition) is 4. The highest BCUT2D eigenvalue weighted by atomic mass is 35.5. The summed E-state index contributed by atoms with van der Waals surface area (Å²) in [4.78, 5) is 28.7. The standard InChI is InChI=1S/C16H17ClN4O3/c1-16(14(22)19-5-2-7-21-8-6-18-10-21)15(23)20-12-9-11(17)3-4-13(12)24-16/h3-4,6,8-10H,2,5,7H2,1H3,(H,19,22)(H,20,23). The quantitative estimate of drug-likeness (QED) is 0.637. The highest BCUT2D eigenvalue weighted by molar-refractivity contribution is 6.31. The maximum atomic E-state index is 12.4. The Hall–Kier alpha value is -2.54. The third kappa shape index (κ3) is 3.21. The van der Waals surface area contributed by atoms with Gasteiger partial charge in [-0.1, -0.05) is 11.6 Å². The van der Waals surface area contributed by atoms with Gasteiger partial charge < -0.3 is 19.9 Å². The number of anilines is 1. The van der Waals surface area contributed by atoms with Crippen molar-refractivity contribution < 1.29 is 14.3 Å². The largest absolute Gasteiger partial charge is 0.466 e. The number of benzene rings is 1. The molecule has 1 aromatic heterocycles. The van der Waals surface area contributed by atoms with E-state index in [0.29, 0.717) is 29.4 Å². The lowest BCUT2D eigenvalue weighted by molar-refractivity contribution is -0.146. The molecule has 0 spiro atoms. The Morgan fingerprint density at radius 1 is 1.50 bits per heavy atom. The molecule has 126 valence electrons. The Morgan fingerprint density at radius 3 is 3.08 bits per heavy atom. The number of fused-ring (bicyclic) bond motifs is 1. The first-order chi connectivity index (χ1) is 11.5. The molecule has 2 amide bonds. The van der Waals surface area contributed by atoms with Crippen molar-refractivity contribution in [3.8, 4) is 5.75 Å². The van der Waals surface area contributed by atoms with Gasteiger partial charge in [-0.15, -0.1) is 0 Å². The third-order valence-corrected chi connectivity index (χ3v) is 4.04. The van der Waals surface area contributed by atoms with E-state index in [0.717, 1.165) is 6.54 Å². The molecule has 1 unspecified atom stereocenters. The summed E-state index contributed by atoms with van der Waals surface area (Å²) >= 11 is 5.89. The Labute approximate surface area is 144 Å². The first kappa shape index (κ1) is 16.3. The van der Waals surface area contributed by atoms with Crippen LogP contribution in [0.1, 0.15) is 13.3 Å². The van der Waals surface area contributed by atoms with Crippen LogP contribution in [0.5, 0.6) is 5.75 Å². The van der Waals surface area contributed by atoms with Crippen molar-refractivity contribution in [3.63, 3.8) is 0 Å². The number of ether oxygens (including phenoxy) is 1. The summed E-state index contributed by atoms with van der Waals surface area (Å²) in [5, 5.41) is 5.88. The van der Waals surface area contributed by atoms with Crippen molar-refractivity contribution in [2.24, 2.45) is 0 Å².